The van der Waals surface area contributed by atoms with Crippen LogP contribution in [0.3, 0.4) is 0 Å². The van der Waals surface area contributed by atoms with Gasteiger partial charge in [0.25, 0.3) is 0 Å². The van der Waals surface area contributed by atoms with E-state index >= 15 is 0 Å². The first kappa shape index (κ1) is 16.0. The lowest BCUT2D eigenvalue weighted by atomic mass is 10.0. The Kier molecular flexibility index (Phi) is 5.08. The van der Waals surface area contributed by atoms with Crippen LogP contribution in [0.5, 0.6) is 0 Å². The Morgan fingerprint density at radius 3 is 2.55 bits per heavy atom. The molecule has 0 unspecified atom stereocenters. The number of hydrogen-bond donors (Lipinski definition) is 1. The first-order chi connectivity index (χ1) is 9.25. The van der Waals surface area contributed by atoms with Crippen molar-refractivity contribution in [1.29, 1.82) is 0 Å². The fraction of sp³-hybridized carbons (Fsp3) is 0.312. The lowest BCUT2D eigenvalue weighted by Gasteiger charge is -2.37. The number of hydrogen-bond acceptors (Lipinski definition) is 2. The minimum absolute atomic E-state index is 0.243. The van der Waals surface area contributed by atoms with Crippen LogP contribution in [0.1, 0.15) is 26.3 Å². The van der Waals surface area contributed by atoms with Gasteiger partial charge in [-0.15, -0.1) is 6.58 Å². The van der Waals surface area contributed by atoms with Gasteiger partial charge in [-0.25, -0.2) is 9.18 Å². The van der Waals surface area contributed by atoms with Crippen molar-refractivity contribution in [3.8, 4) is 0 Å². The molecule has 0 saturated carbocycles. The molecule has 1 N–H and O–H groups in total. The van der Waals surface area contributed by atoms with Crippen LogP contribution in [-0.4, -0.2) is 23.2 Å². The highest BCUT2D eigenvalue weighted by Gasteiger charge is 2.22. The maximum atomic E-state index is 14.2. The zero-order valence-electron chi connectivity index (χ0n) is 12.1. The van der Waals surface area contributed by atoms with E-state index < -0.39 is 5.97 Å². The van der Waals surface area contributed by atoms with Crippen LogP contribution in [0.2, 0.25) is 0 Å². The summed E-state index contributed by atoms with van der Waals surface area (Å²) in [7, 11) is 0. The van der Waals surface area contributed by atoms with E-state index in [1.165, 1.54) is 12.1 Å². The smallest absolute Gasteiger partial charge is 0.328 e. The lowest BCUT2D eigenvalue weighted by Crippen LogP contribution is -2.42. The van der Waals surface area contributed by atoms with Crippen molar-refractivity contribution in [2.45, 2.75) is 26.3 Å². The summed E-state index contributed by atoms with van der Waals surface area (Å²) in [5.74, 6) is -1.44. The molecule has 0 fully saturated rings. The van der Waals surface area contributed by atoms with Crippen LogP contribution < -0.4 is 4.90 Å². The molecule has 1 aromatic rings. The van der Waals surface area contributed by atoms with Crippen molar-refractivity contribution in [2.75, 3.05) is 11.4 Å². The number of carboxylic acid groups (broad SMARTS) is 1. The van der Waals surface area contributed by atoms with Crippen molar-refractivity contribution in [3.63, 3.8) is 0 Å². The third kappa shape index (κ3) is 4.23. The normalized spacial score (nSPS) is 11.6. The van der Waals surface area contributed by atoms with Gasteiger partial charge in [-0.1, -0.05) is 12.1 Å². The second-order valence-electron chi connectivity index (χ2n) is 5.45. The first-order valence-corrected chi connectivity index (χ1v) is 6.35. The Labute approximate surface area is 119 Å². The van der Waals surface area contributed by atoms with Crippen molar-refractivity contribution in [3.05, 3.63) is 48.3 Å². The van der Waals surface area contributed by atoms with Crippen LogP contribution in [0.25, 0.3) is 6.08 Å². The molecule has 0 amide bonds. The summed E-state index contributed by atoms with van der Waals surface area (Å²) in [5.41, 5.74) is 0.749. The Hall–Kier alpha value is -2.10. The molecule has 4 heteroatoms. The molecule has 0 aliphatic rings. The van der Waals surface area contributed by atoms with Gasteiger partial charge >= 0.3 is 5.97 Å². The molecule has 20 heavy (non-hydrogen) atoms. The topological polar surface area (TPSA) is 40.5 Å². The second kappa shape index (κ2) is 6.37. The third-order valence-corrected chi connectivity index (χ3v) is 2.80. The van der Waals surface area contributed by atoms with Gasteiger partial charge in [0.1, 0.15) is 5.82 Å². The molecule has 108 valence electrons. The molecule has 0 heterocycles. The van der Waals surface area contributed by atoms with Crippen LogP contribution in [-0.2, 0) is 4.79 Å². The molecule has 0 radical (unpaired) electrons. The van der Waals surface area contributed by atoms with Crippen molar-refractivity contribution < 1.29 is 14.3 Å². The van der Waals surface area contributed by atoms with E-state index in [1.807, 2.05) is 25.7 Å². The van der Waals surface area contributed by atoms with E-state index in [1.54, 1.807) is 18.2 Å². The summed E-state index contributed by atoms with van der Waals surface area (Å²) in [6.45, 7) is 10.2. The average Bonchev–Trinajstić information content (AvgIpc) is 2.33. The summed E-state index contributed by atoms with van der Waals surface area (Å²) >= 11 is 0. The number of benzene rings is 1. The average molecular weight is 277 g/mol. The minimum Gasteiger partial charge on any atom is -0.478 e. The fourth-order valence-electron chi connectivity index (χ4n) is 1.88. The first-order valence-electron chi connectivity index (χ1n) is 6.35. The van der Waals surface area contributed by atoms with E-state index in [2.05, 4.69) is 6.58 Å². The SMILES string of the molecule is C=CCN(c1ccc(/C=C/C(=O)O)cc1F)C(C)(C)C. The summed E-state index contributed by atoms with van der Waals surface area (Å²) in [4.78, 5) is 12.4. The Morgan fingerprint density at radius 1 is 1.45 bits per heavy atom. The van der Waals surface area contributed by atoms with E-state index in [-0.39, 0.29) is 11.4 Å². The Morgan fingerprint density at radius 2 is 2.10 bits per heavy atom. The molecule has 0 bridgehead atoms. The van der Waals surface area contributed by atoms with E-state index in [0.717, 1.165) is 6.08 Å². The highest BCUT2D eigenvalue weighted by Crippen LogP contribution is 2.27. The molecule has 0 aromatic heterocycles. The summed E-state index contributed by atoms with van der Waals surface area (Å²) in [5, 5.41) is 8.56. The lowest BCUT2D eigenvalue weighted by molar-refractivity contribution is -0.131. The van der Waals surface area contributed by atoms with Crippen LogP contribution >= 0.6 is 0 Å². The van der Waals surface area contributed by atoms with Gasteiger partial charge < -0.3 is 10.0 Å². The molecule has 0 saturated heterocycles. The Balaban J connectivity index is 3.13. The van der Waals surface area contributed by atoms with Crippen molar-refractivity contribution in [1.82, 2.24) is 0 Å². The van der Waals surface area contributed by atoms with Crippen molar-refractivity contribution >= 4 is 17.7 Å². The monoisotopic (exact) mass is 277 g/mol. The number of aliphatic carboxylic acids is 1. The third-order valence-electron chi connectivity index (χ3n) is 2.80. The number of nitrogens with zero attached hydrogens (tertiary/aromatic N) is 1. The zero-order valence-corrected chi connectivity index (χ0v) is 12.1. The number of carbonyl (C=O) groups is 1. The largest absolute Gasteiger partial charge is 0.478 e. The predicted molar refractivity (Wildman–Crippen MR) is 80.4 cm³/mol. The second-order valence-corrected chi connectivity index (χ2v) is 5.45. The molecular weight excluding hydrogens is 257 g/mol. The van der Waals surface area contributed by atoms with Gasteiger partial charge in [0, 0.05) is 18.2 Å². The van der Waals surface area contributed by atoms with Gasteiger partial charge in [-0.05, 0) is 44.5 Å². The number of carboxylic acids is 1. The van der Waals surface area contributed by atoms with E-state index in [4.69, 9.17) is 5.11 Å². The number of anilines is 1. The van der Waals surface area contributed by atoms with Crippen LogP contribution in [0, 0.1) is 5.82 Å². The number of rotatable bonds is 5. The molecule has 3 nitrogen and oxygen atoms in total. The summed E-state index contributed by atoms with van der Waals surface area (Å²) in [6, 6.07) is 4.68. The fourth-order valence-corrected chi connectivity index (χ4v) is 1.88. The maximum absolute atomic E-state index is 14.2. The minimum atomic E-state index is -1.06. The Bertz CT molecular complexity index is 530. The van der Waals surface area contributed by atoms with Crippen molar-refractivity contribution in [2.24, 2.45) is 0 Å². The van der Waals surface area contributed by atoms with Gasteiger partial charge in [0.05, 0.1) is 5.69 Å². The molecule has 0 aliphatic carbocycles. The molecule has 0 aliphatic heterocycles. The van der Waals surface area contributed by atoms with Crippen LogP contribution in [0.4, 0.5) is 10.1 Å². The molecular formula is C16H20FNO2. The quantitative estimate of drug-likeness (QED) is 0.659. The molecule has 0 atom stereocenters. The van der Waals surface area contributed by atoms with Gasteiger partial charge in [0.15, 0.2) is 0 Å². The van der Waals surface area contributed by atoms with E-state index in [0.29, 0.717) is 17.8 Å². The molecule has 1 rings (SSSR count). The van der Waals surface area contributed by atoms with Crippen LogP contribution in [0.15, 0.2) is 36.9 Å². The standard InChI is InChI=1S/C16H20FNO2/c1-5-10-18(16(2,3)4)14-8-6-12(11-13(14)17)7-9-15(19)20/h5-9,11H,1,10H2,2-4H3,(H,19,20)/b9-7+. The maximum Gasteiger partial charge on any atom is 0.328 e. The molecule has 1 aromatic carbocycles. The number of halogens is 1. The highest BCUT2D eigenvalue weighted by atomic mass is 19.1. The predicted octanol–water partition coefficient (Wildman–Crippen LogP) is 3.71. The van der Waals surface area contributed by atoms with Gasteiger partial charge in [-0.2, -0.15) is 0 Å². The highest BCUT2D eigenvalue weighted by molar-refractivity contribution is 5.85. The summed E-state index contributed by atoms with van der Waals surface area (Å²) < 4.78 is 14.2. The molecule has 0 spiro atoms. The summed E-state index contributed by atoms with van der Waals surface area (Å²) in [6.07, 6.45) is 4.08. The van der Waals surface area contributed by atoms with Gasteiger partial charge in [0.2, 0.25) is 0 Å². The van der Waals surface area contributed by atoms with E-state index in [9.17, 15) is 9.18 Å². The zero-order chi connectivity index (χ0) is 15.3. The van der Waals surface area contributed by atoms with Gasteiger partial charge in [-0.3, -0.25) is 0 Å².